The molecule has 1 heterocycles. The van der Waals surface area contributed by atoms with Crippen molar-refractivity contribution in [3.8, 4) is 0 Å². The molecule has 112 valence electrons. The Morgan fingerprint density at radius 2 is 1.89 bits per heavy atom. The number of carbonyl (C=O) groups is 1. The van der Waals surface area contributed by atoms with Gasteiger partial charge in [0.1, 0.15) is 0 Å². The van der Waals surface area contributed by atoms with Crippen LogP contribution < -0.4 is 11.5 Å². The van der Waals surface area contributed by atoms with Gasteiger partial charge < -0.3 is 16.4 Å². The number of likely N-dealkylation sites (tertiary alicyclic amines) is 1. The number of unbranched alkanes of at least 4 members (excludes halogenated alkanes) is 1. The fraction of sp³-hybridized carbons (Fsp3) is 0.933. The Morgan fingerprint density at radius 1 is 1.26 bits per heavy atom. The molecule has 0 saturated carbocycles. The zero-order chi connectivity index (χ0) is 14.7. The van der Waals surface area contributed by atoms with Gasteiger partial charge in [-0.1, -0.05) is 20.8 Å². The maximum atomic E-state index is 11.1. The second kappa shape index (κ2) is 6.23. The van der Waals surface area contributed by atoms with E-state index in [-0.39, 0.29) is 0 Å². The molecule has 0 bridgehead atoms. The van der Waals surface area contributed by atoms with Gasteiger partial charge in [-0.15, -0.1) is 0 Å². The van der Waals surface area contributed by atoms with Crippen LogP contribution in [0.1, 0.15) is 53.4 Å². The molecule has 0 aromatic carbocycles. The molecule has 4 nitrogen and oxygen atoms in total. The molecule has 0 aromatic heterocycles. The van der Waals surface area contributed by atoms with Gasteiger partial charge in [0.2, 0.25) is 5.91 Å². The van der Waals surface area contributed by atoms with Crippen molar-refractivity contribution in [3.05, 3.63) is 0 Å². The molecule has 19 heavy (non-hydrogen) atoms. The summed E-state index contributed by atoms with van der Waals surface area (Å²) in [7, 11) is 0. The molecule has 1 amide bonds. The summed E-state index contributed by atoms with van der Waals surface area (Å²) in [5.41, 5.74) is 10.7. The summed E-state index contributed by atoms with van der Waals surface area (Å²) in [6.45, 7) is 12.2. The Bertz CT molecular complexity index is 307. The van der Waals surface area contributed by atoms with Gasteiger partial charge in [-0.25, -0.2) is 0 Å². The van der Waals surface area contributed by atoms with Crippen molar-refractivity contribution in [2.45, 2.75) is 58.9 Å². The van der Waals surface area contributed by atoms with Crippen molar-refractivity contribution in [2.75, 3.05) is 19.6 Å². The number of nitrogens with two attached hydrogens (primary N) is 2. The summed E-state index contributed by atoms with van der Waals surface area (Å²) >= 11 is 0. The zero-order valence-electron chi connectivity index (χ0n) is 13.0. The van der Waals surface area contributed by atoms with E-state index in [0.717, 1.165) is 25.3 Å². The molecule has 2 unspecified atom stereocenters. The number of rotatable bonds is 6. The lowest BCUT2D eigenvalue weighted by molar-refractivity contribution is -0.122. The van der Waals surface area contributed by atoms with Crippen LogP contribution in [0.4, 0.5) is 0 Å². The van der Waals surface area contributed by atoms with Gasteiger partial charge in [0.05, 0.1) is 5.54 Å². The van der Waals surface area contributed by atoms with Gasteiger partial charge in [-0.3, -0.25) is 4.79 Å². The molecule has 1 fully saturated rings. The largest absolute Gasteiger partial charge is 0.368 e. The van der Waals surface area contributed by atoms with Crippen molar-refractivity contribution in [1.29, 1.82) is 0 Å². The molecule has 4 N–H and O–H groups in total. The van der Waals surface area contributed by atoms with Crippen molar-refractivity contribution in [3.63, 3.8) is 0 Å². The molecule has 0 spiro atoms. The van der Waals surface area contributed by atoms with Crippen LogP contribution in [0, 0.1) is 11.3 Å². The summed E-state index contributed by atoms with van der Waals surface area (Å²) in [6.07, 6.45) is 4.04. The maximum Gasteiger partial charge on any atom is 0.237 e. The van der Waals surface area contributed by atoms with E-state index in [4.69, 9.17) is 11.5 Å². The van der Waals surface area contributed by atoms with Crippen molar-refractivity contribution in [1.82, 2.24) is 4.90 Å². The second-order valence-corrected chi connectivity index (χ2v) is 7.39. The third kappa shape index (κ3) is 5.11. The first-order valence-corrected chi connectivity index (χ1v) is 7.44. The van der Waals surface area contributed by atoms with Crippen LogP contribution in [0.3, 0.4) is 0 Å². The highest BCUT2D eigenvalue weighted by Crippen LogP contribution is 2.33. The summed E-state index contributed by atoms with van der Waals surface area (Å²) in [6, 6.07) is 0. The van der Waals surface area contributed by atoms with Gasteiger partial charge in [-0.2, -0.15) is 0 Å². The van der Waals surface area contributed by atoms with Gasteiger partial charge in [0.25, 0.3) is 0 Å². The normalized spacial score (nSPS) is 24.4. The molecular formula is C15H31N3O. The predicted molar refractivity (Wildman–Crippen MR) is 79.6 cm³/mol. The molecule has 1 aliphatic rings. The quantitative estimate of drug-likeness (QED) is 0.721. The average Bonchev–Trinajstić information content (AvgIpc) is 2.72. The number of nitrogens with zero attached hydrogens (tertiary/aromatic N) is 1. The first-order chi connectivity index (χ1) is 8.63. The van der Waals surface area contributed by atoms with E-state index >= 15 is 0 Å². The zero-order valence-corrected chi connectivity index (χ0v) is 13.0. The summed E-state index contributed by atoms with van der Waals surface area (Å²) in [5.74, 6) is 0.402. The smallest absolute Gasteiger partial charge is 0.237 e. The van der Waals surface area contributed by atoms with E-state index in [1.54, 1.807) is 6.92 Å². The minimum atomic E-state index is -0.848. The minimum absolute atomic E-state index is 0.401. The highest BCUT2D eigenvalue weighted by Gasteiger charge is 2.31. The van der Waals surface area contributed by atoms with Gasteiger partial charge in [0, 0.05) is 6.54 Å². The molecule has 1 rings (SSSR count). The molecule has 0 aliphatic carbocycles. The number of primary amides is 1. The number of hydrogen-bond donors (Lipinski definition) is 2. The van der Waals surface area contributed by atoms with Crippen LogP contribution in [-0.4, -0.2) is 36.0 Å². The van der Waals surface area contributed by atoms with Crippen LogP contribution in [0.25, 0.3) is 0 Å². The monoisotopic (exact) mass is 269 g/mol. The fourth-order valence-electron chi connectivity index (χ4n) is 2.69. The van der Waals surface area contributed by atoms with Crippen LogP contribution in [0.2, 0.25) is 0 Å². The number of carbonyl (C=O) groups excluding carboxylic acids is 1. The molecule has 0 radical (unpaired) electrons. The standard InChI is InChI=1S/C15H31N3O/c1-14(2,3)12-7-10-18(11-12)9-6-5-8-15(4,17)13(16)19/h12H,5-11,17H2,1-4H3,(H2,16,19). The van der Waals surface area contributed by atoms with Gasteiger partial charge in [-0.05, 0) is 57.0 Å². The molecule has 4 heteroatoms. The molecule has 1 aliphatic heterocycles. The summed E-state index contributed by atoms with van der Waals surface area (Å²) < 4.78 is 0. The first-order valence-electron chi connectivity index (χ1n) is 7.44. The Morgan fingerprint density at radius 3 is 2.37 bits per heavy atom. The predicted octanol–water partition coefficient (Wildman–Crippen LogP) is 1.73. The maximum absolute atomic E-state index is 11.1. The third-order valence-electron chi connectivity index (χ3n) is 4.48. The lowest BCUT2D eigenvalue weighted by Crippen LogP contribution is -2.49. The van der Waals surface area contributed by atoms with E-state index in [0.29, 0.717) is 11.8 Å². The number of hydrogen-bond acceptors (Lipinski definition) is 3. The Balaban J connectivity index is 2.20. The van der Waals surface area contributed by atoms with Crippen LogP contribution >= 0.6 is 0 Å². The van der Waals surface area contributed by atoms with E-state index in [9.17, 15) is 4.79 Å². The summed E-state index contributed by atoms with van der Waals surface area (Å²) in [4.78, 5) is 13.6. The molecular weight excluding hydrogens is 238 g/mol. The second-order valence-electron chi connectivity index (χ2n) is 7.39. The highest BCUT2D eigenvalue weighted by atomic mass is 16.1. The lowest BCUT2D eigenvalue weighted by atomic mass is 9.80. The van der Waals surface area contributed by atoms with Crippen LogP contribution in [0.5, 0.6) is 0 Å². The lowest BCUT2D eigenvalue weighted by Gasteiger charge is -2.27. The Labute approximate surface area is 117 Å². The summed E-state index contributed by atoms with van der Waals surface area (Å²) in [5, 5.41) is 0. The average molecular weight is 269 g/mol. The SMILES string of the molecule is CC(N)(CCCCN1CCC(C(C)(C)C)C1)C(N)=O. The Kier molecular flexibility index (Phi) is 5.39. The fourth-order valence-corrected chi connectivity index (χ4v) is 2.69. The van der Waals surface area contributed by atoms with Crippen LogP contribution in [-0.2, 0) is 4.79 Å². The topological polar surface area (TPSA) is 72.3 Å². The van der Waals surface area contributed by atoms with Crippen molar-refractivity contribution < 1.29 is 4.79 Å². The van der Waals surface area contributed by atoms with E-state index in [1.807, 2.05) is 0 Å². The first kappa shape index (κ1) is 16.4. The highest BCUT2D eigenvalue weighted by molar-refractivity contribution is 5.83. The van der Waals surface area contributed by atoms with Crippen molar-refractivity contribution >= 4 is 5.91 Å². The van der Waals surface area contributed by atoms with E-state index in [2.05, 4.69) is 25.7 Å². The minimum Gasteiger partial charge on any atom is -0.368 e. The van der Waals surface area contributed by atoms with E-state index in [1.165, 1.54) is 19.5 Å². The van der Waals surface area contributed by atoms with Gasteiger partial charge in [0.15, 0.2) is 0 Å². The Hall–Kier alpha value is -0.610. The molecule has 1 saturated heterocycles. The van der Waals surface area contributed by atoms with E-state index < -0.39 is 11.4 Å². The van der Waals surface area contributed by atoms with Gasteiger partial charge >= 0.3 is 0 Å². The number of amides is 1. The van der Waals surface area contributed by atoms with Crippen molar-refractivity contribution in [2.24, 2.45) is 22.8 Å². The molecule has 2 atom stereocenters. The van der Waals surface area contributed by atoms with Crippen LogP contribution in [0.15, 0.2) is 0 Å². The third-order valence-corrected chi connectivity index (χ3v) is 4.48. The molecule has 0 aromatic rings.